The molecular weight excluding hydrogens is 470 g/mol. The van der Waals surface area contributed by atoms with Crippen molar-refractivity contribution in [2.75, 3.05) is 0 Å². The van der Waals surface area contributed by atoms with Crippen LogP contribution in [0.4, 0.5) is 17.6 Å². The number of benzene rings is 2. The third kappa shape index (κ3) is 3.65. The van der Waals surface area contributed by atoms with Crippen molar-refractivity contribution in [2.24, 2.45) is 0 Å². The lowest BCUT2D eigenvalue weighted by Crippen LogP contribution is -2.06. The quantitative estimate of drug-likeness (QED) is 0.383. The minimum absolute atomic E-state index is 0.113. The molecule has 0 atom stereocenters. The lowest BCUT2D eigenvalue weighted by molar-refractivity contribution is -0.137. The van der Waals surface area contributed by atoms with Crippen molar-refractivity contribution in [3.63, 3.8) is 0 Å². The van der Waals surface area contributed by atoms with Gasteiger partial charge in [-0.3, -0.25) is 0 Å². The van der Waals surface area contributed by atoms with Gasteiger partial charge >= 0.3 is 12.1 Å². The highest BCUT2D eigenvalue weighted by Gasteiger charge is 2.30. The van der Waals surface area contributed by atoms with Gasteiger partial charge in [-0.2, -0.15) is 18.3 Å². The number of alkyl halides is 3. The first-order chi connectivity index (χ1) is 14.1. The fourth-order valence-electron chi connectivity index (χ4n) is 2.95. The molecule has 0 saturated heterocycles. The molecule has 4 rings (SSSR count). The van der Waals surface area contributed by atoms with Gasteiger partial charge in [-0.05, 0) is 36.4 Å². The molecular formula is C20H10BrF4N3O2. The number of nitrogens with zero attached hydrogens (tertiary/aromatic N) is 3. The number of fused-ring (bicyclic) bond motifs is 1. The van der Waals surface area contributed by atoms with Crippen LogP contribution in [0, 0.1) is 5.82 Å². The smallest absolute Gasteiger partial charge is 0.416 e. The maximum absolute atomic E-state index is 14.4. The standard InChI is InChI=1S/C20H10BrF4N3O2/c21-12-5-6-13(14(22)7-12)15-9-18-26-16(19(29)30)8-17(28(18)27-15)10-1-3-11(4-2-10)20(23,24)25/h1-9H,(H,29,30). The molecule has 5 nitrogen and oxygen atoms in total. The molecule has 30 heavy (non-hydrogen) atoms. The van der Waals surface area contributed by atoms with Crippen molar-refractivity contribution >= 4 is 27.5 Å². The van der Waals surface area contributed by atoms with E-state index in [2.05, 4.69) is 26.0 Å². The van der Waals surface area contributed by atoms with Crippen LogP contribution >= 0.6 is 15.9 Å². The number of carboxylic acids is 1. The average Bonchev–Trinajstić information content (AvgIpc) is 3.10. The molecule has 2 aromatic heterocycles. The summed E-state index contributed by atoms with van der Waals surface area (Å²) < 4.78 is 54.7. The van der Waals surface area contributed by atoms with E-state index >= 15 is 0 Å². The van der Waals surface area contributed by atoms with Crippen molar-refractivity contribution in [2.45, 2.75) is 6.18 Å². The van der Waals surface area contributed by atoms with Gasteiger partial charge in [0.05, 0.1) is 17.0 Å². The Morgan fingerprint density at radius 3 is 2.33 bits per heavy atom. The van der Waals surface area contributed by atoms with Crippen LogP contribution < -0.4 is 0 Å². The van der Waals surface area contributed by atoms with Crippen molar-refractivity contribution < 1.29 is 27.5 Å². The van der Waals surface area contributed by atoms with Crippen molar-refractivity contribution in [1.29, 1.82) is 0 Å². The number of hydrogen-bond acceptors (Lipinski definition) is 3. The topological polar surface area (TPSA) is 67.5 Å². The average molecular weight is 480 g/mol. The van der Waals surface area contributed by atoms with Crippen LogP contribution in [0.1, 0.15) is 16.1 Å². The molecule has 0 bridgehead atoms. The van der Waals surface area contributed by atoms with Gasteiger partial charge in [-0.15, -0.1) is 0 Å². The SMILES string of the molecule is O=C(O)c1cc(-c2ccc(C(F)(F)F)cc2)n2nc(-c3ccc(Br)cc3F)cc2n1. The van der Waals surface area contributed by atoms with Crippen LogP contribution in [0.25, 0.3) is 28.2 Å². The monoisotopic (exact) mass is 479 g/mol. The Kier molecular flexibility index (Phi) is 4.81. The van der Waals surface area contributed by atoms with E-state index in [-0.39, 0.29) is 28.3 Å². The molecule has 0 aliphatic carbocycles. The molecule has 2 aromatic carbocycles. The summed E-state index contributed by atoms with van der Waals surface area (Å²) in [7, 11) is 0. The second-order valence-corrected chi connectivity index (χ2v) is 7.25. The normalized spacial score (nSPS) is 11.8. The van der Waals surface area contributed by atoms with Gasteiger partial charge in [0, 0.05) is 21.7 Å². The van der Waals surface area contributed by atoms with Gasteiger partial charge in [0.2, 0.25) is 0 Å². The van der Waals surface area contributed by atoms with Crippen LogP contribution in [0.3, 0.4) is 0 Å². The summed E-state index contributed by atoms with van der Waals surface area (Å²) in [4.78, 5) is 15.5. The second kappa shape index (κ2) is 7.21. The summed E-state index contributed by atoms with van der Waals surface area (Å²) >= 11 is 3.17. The summed E-state index contributed by atoms with van der Waals surface area (Å²) in [6.45, 7) is 0. The number of aromatic carboxylic acids is 1. The summed E-state index contributed by atoms with van der Waals surface area (Å²) in [5, 5.41) is 13.7. The Balaban J connectivity index is 1.92. The van der Waals surface area contributed by atoms with E-state index in [0.717, 1.165) is 12.1 Å². The predicted octanol–water partition coefficient (Wildman–Crippen LogP) is 5.68. The molecule has 0 spiro atoms. The largest absolute Gasteiger partial charge is 0.477 e. The molecule has 1 N–H and O–H groups in total. The maximum atomic E-state index is 14.4. The van der Waals surface area contributed by atoms with E-state index in [1.54, 1.807) is 6.07 Å². The molecule has 4 aromatic rings. The highest BCUT2D eigenvalue weighted by molar-refractivity contribution is 9.10. The number of hydrogen-bond donors (Lipinski definition) is 1. The molecule has 0 radical (unpaired) electrons. The van der Waals surface area contributed by atoms with Crippen LogP contribution in [-0.4, -0.2) is 25.7 Å². The number of aromatic nitrogens is 3. The highest BCUT2D eigenvalue weighted by atomic mass is 79.9. The van der Waals surface area contributed by atoms with Gasteiger partial charge in [-0.25, -0.2) is 18.7 Å². The van der Waals surface area contributed by atoms with Gasteiger partial charge < -0.3 is 5.11 Å². The molecule has 0 amide bonds. The third-order valence-corrected chi connectivity index (χ3v) is 4.85. The number of carbonyl (C=O) groups is 1. The fraction of sp³-hybridized carbons (Fsp3) is 0.0500. The Morgan fingerprint density at radius 2 is 1.73 bits per heavy atom. The Hall–Kier alpha value is -3.27. The van der Waals surface area contributed by atoms with Crippen molar-refractivity contribution in [3.05, 3.63) is 76.1 Å². The zero-order chi connectivity index (χ0) is 21.6. The van der Waals surface area contributed by atoms with E-state index in [0.29, 0.717) is 10.0 Å². The van der Waals surface area contributed by atoms with E-state index in [4.69, 9.17) is 0 Å². The van der Waals surface area contributed by atoms with Gasteiger partial charge in [0.1, 0.15) is 5.82 Å². The first kappa shape index (κ1) is 20.0. The lowest BCUT2D eigenvalue weighted by atomic mass is 10.1. The van der Waals surface area contributed by atoms with Crippen LogP contribution in [0.2, 0.25) is 0 Å². The van der Waals surface area contributed by atoms with Gasteiger partial charge in [0.25, 0.3) is 0 Å². The number of halogens is 5. The molecule has 152 valence electrons. The summed E-state index contributed by atoms with van der Waals surface area (Å²) in [5.41, 5.74) is -0.184. The Bertz CT molecular complexity index is 1280. The molecule has 0 fully saturated rings. The summed E-state index contributed by atoms with van der Waals surface area (Å²) in [5.74, 6) is -1.87. The summed E-state index contributed by atoms with van der Waals surface area (Å²) in [6, 6.07) is 11.2. The molecule has 0 saturated carbocycles. The number of carboxylic acid groups (broad SMARTS) is 1. The first-order valence-electron chi connectivity index (χ1n) is 8.40. The fourth-order valence-corrected chi connectivity index (χ4v) is 3.28. The van der Waals surface area contributed by atoms with E-state index < -0.39 is 23.5 Å². The second-order valence-electron chi connectivity index (χ2n) is 6.33. The van der Waals surface area contributed by atoms with Crippen LogP contribution in [0.5, 0.6) is 0 Å². The predicted molar refractivity (Wildman–Crippen MR) is 103 cm³/mol. The van der Waals surface area contributed by atoms with E-state index in [1.807, 2.05) is 0 Å². The minimum atomic E-state index is -4.50. The van der Waals surface area contributed by atoms with Gasteiger partial charge in [-0.1, -0.05) is 28.1 Å². The first-order valence-corrected chi connectivity index (χ1v) is 9.20. The van der Waals surface area contributed by atoms with E-state index in [1.165, 1.54) is 40.9 Å². The minimum Gasteiger partial charge on any atom is -0.477 e. The van der Waals surface area contributed by atoms with Crippen molar-refractivity contribution in [1.82, 2.24) is 14.6 Å². The molecule has 0 aliphatic rings. The lowest BCUT2D eigenvalue weighted by Gasteiger charge is -2.09. The Labute approximate surface area is 174 Å². The summed E-state index contributed by atoms with van der Waals surface area (Å²) in [6.07, 6.45) is -4.50. The zero-order valence-corrected chi connectivity index (χ0v) is 16.4. The van der Waals surface area contributed by atoms with Crippen molar-refractivity contribution in [3.8, 4) is 22.5 Å². The molecule has 0 unspecified atom stereocenters. The maximum Gasteiger partial charge on any atom is 0.416 e. The zero-order valence-electron chi connectivity index (χ0n) is 14.8. The molecule has 0 aliphatic heterocycles. The molecule has 2 heterocycles. The van der Waals surface area contributed by atoms with Crippen LogP contribution in [-0.2, 0) is 6.18 Å². The Morgan fingerprint density at radius 1 is 1.03 bits per heavy atom. The molecule has 10 heteroatoms. The van der Waals surface area contributed by atoms with Gasteiger partial charge in [0.15, 0.2) is 11.3 Å². The third-order valence-electron chi connectivity index (χ3n) is 4.36. The number of rotatable bonds is 3. The van der Waals surface area contributed by atoms with E-state index in [9.17, 15) is 27.5 Å². The van der Waals surface area contributed by atoms with Crippen LogP contribution in [0.15, 0.2) is 59.1 Å². The highest BCUT2D eigenvalue weighted by Crippen LogP contribution is 2.32.